The fourth-order valence-corrected chi connectivity index (χ4v) is 22.5. The SMILES string of the molecule is c1ccc(-c2cccc(-c3c4ccccc4c(-c4cc5c(c6ccccc46)-c4ccc6ccccc6c4C54c5ccccc5-c5ccccc54)c4ccccc34)c2)cc1.c1ccc(-c2ccccc2-c2c3ccccc3c(-c3cc4c(c5ccccc35)-c3ccc5ccccc5c3C43c4ccccc4-c4ccccc43)c3ccccc23)cc1. The van der Waals surface area contributed by atoms with Crippen LogP contribution in [0.25, 0.3) is 197 Å². The van der Waals surface area contributed by atoms with E-state index in [4.69, 9.17) is 0 Å². The molecule has 22 aromatic rings. The van der Waals surface area contributed by atoms with Gasteiger partial charge in [0.25, 0.3) is 0 Å². The van der Waals surface area contributed by atoms with Gasteiger partial charge in [-0.3, -0.25) is 0 Å². The number of fused-ring (bicyclic) bond motifs is 32. The fraction of sp³-hybridized carbons (Fsp3) is 0.0169. The quantitative estimate of drug-likeness (QED) is 0.146. The third-order valence-corrected chi connectivity index (χ3v) is 26.9. The number of hydrogen-bond acceptors (Lipinski definition) is 0. The maximum atomic E-state index is 2.61. The summed E-state index contributed by atoms with van der Waals surface area (Å²) in [5.74, 6) is 0. The Morgan fingerprint density at radius 2 is 0.390 bits per heavy atom. The Hall–Kier alpha value is -15.1. The molecule has 0 saturated carbocycles. The van der Waals surface area contributed by atoms with Crippen LogP contribution in [0.2, 0.25) is 0 Å². The molecule has 0 unspecified atom stereocenters. The van der Waals surface area contributed by atoms with Crippen LogP contribution in [0.5, 0.6) is 0 Å². The first-order valence-corrected chi connectivity index (χ1v) is 41.4. The molecule has 2 spiro atoms. The average Bonchev–Trinajstić information content (AvgIpc) is 1.50. The molecule has 0 amide bonds. The van der Waals surface area contributed by atoms with E-state index in [0.717, 1.165) is 0 Å². The van der Waals surface area contributed by atoms with Crippen molar-refractivity contribution in [3.05, 3.63) is 481 Å². The zero-order valence-electron chi connectivity index (χ0n) is 64.6. The van der Waals surface area contributed by atoms with Gasteiger partial charge in [0, 0.05) is 0 Å². The Morgan fingerprint density at radius 3 is 0.780 bits per heavy atom. The fourth-order valence-electron chi connectivity index (χ4n) is 22.5. The zero-order valence-corrected chi connectivity index (χ0v) is 64.6. The van der Waals surface area contributed by atoms with Crippen molar-refractivity contribution in [3.8, 4) is 111 Å². The van der Waals surface area contributed by atoms with Gasteiger partial charge in [-0.25, -0.2) is 0 Å². The van der Waals surface area contributed by atoms with Crippen LogP contribution in [0.15, 0.2) is 437 Å². The molecular formula is C118H72. The minimum Gasteiger partial charge on any atom is -0.0622 e. The van der Waals surface area contributed by atoms with E-state index in [-0.39, 0.29) is 0 Å². The molecule has 118 heavy (non-hydrogen) atoms. The molecule has 0 aromatic heterocycles. The Kier molecular flexibility index (Phi) is 14.5. The van der Waals surface area contributed by atoms with Gasteiger partial charge in [0.15, 0.2) is 0 Å². The number of rotatable bonds is 6. The molecular weight excluding hydrogens is 1420 g/mol. The summed E-state index contributed by atoms with van der Waals surface area (Å²) in [4.78, 5) is 0. The lowest BCUT2D eigenvalue weighted by molar-refractivity contribution is 0.802. The summed E-state index contributed by atoms with van der Waals surface area (Å²) in [6.07, 6.45) is 0. The van der Waals surface area contributed by atoms with E-state index in [2.05, 4.69) is 437 Å². The third kappa shape index (κ3) is 9.15. The van der Waals surface area contributed by atoms with Gasteiger partial charge in [0.05, 0.1) is 10.8 Å². The summed E-state index contributed by atoms with van der Waals surface area (Å²) >= 11 is 0. The maximum Gasteiger partial charge on any atom is 0.0731 e. The molecule has 0 bridgehead atoms. The molecule has 0 atom stereocenters. The van der Waals surface area contributed by atoms with E-state index in [9.17, 15) is 0 Å². The van der Waals surface area contributed by atoms with Crippen molar-refractivity contribution in [2.24, 2.45) is 0 Å². The Bertz CT molecular complexity index is 7850. The molecule has 0 N–H and O–H groups in total. The van der Waals surface area contributed by atoms with Crippen molar-refractivity contribution in [2.75, 3.05) is 0 Å². The van der Waals surface area contributed by atoms with Gasteiger partial charge in [0.1, 0.15) is 0 Å². The first kappa shape index (κ1) is 66.4. The van der Waals surface area contributed by atoms with Gasteiger partial charge in [-0.05, 0) is 260 Å². The summed E-state index contributed by atoms with van der Waals surface area (Å²) in [6, 6.07) is 164. The second-order valence-corrected chi connectivity index (χ2v) is 32.4. The molecule has 544 valence electrons. The molecule has 26 rings (SSSR count). The summed E-state index contributed by atoms with van der Waals surface area (Å²) in [5.41, 5.74) is 35.7. The van der Waals surface area contributed by atoms with Crippen LogP contribution < -0.4 is 0 Å². The normalized spacial score (nSPS) is 13.2. The smallest absolute Gasteiger partial charge is 0.0622 e. The Morgan fingerprint density at radius 1 is 0.119 bits per heavy atom. The van der Waals surface area contributed by atoms with Crippen molar-refractivity contribution in [2.45, 2.75) is 10.8 Å². The molecule has 0 radical (unpaired) electrons. The first-order chi connectivity index (χ1) is 58.6. The van der Waals surface area contributed by atoms with Gasteiger partial charge in [-0.1, -0.05) is 419 Å². The lowest BCUT2D eigenvalue weighted by Crippen LogP contribution is -2.26. The van der Waals surface area contributed by atoms with Crippen LogP contribution in [-0.4, -0.2) is 0 Å². The van der Waals surface area contributed by atoms with E-state index in [1.165, 1.54) is 242 Å². The second kappa shape index (κ2) is 25.7. The highest BCUT2D eigenvalue weighted by Gasteiger charge is 2.55. The summed E-state index contributed by atoms with van der Waals surface area (Å²) in [6.45, 7) is 0. The van der Waals surface area contributed by atoms with E-state index in [0.29, 0.717) is 0 Å². The highest BCUT2D eigenvalue weighted by Crippen LogP contribution is 2.69. The van der Waals surface area contributed by atoms with Crippen LogP contribution >= 0.6 is 0 Å². The lowest BCUT2D eigenvalue weighted by Gasteiger charge is -2.32. The molecule has 0 nitrogen and oxygen atoms in total. The lowest BCUT2D eigenvalue weighted by atomic mass is 9.68. The van der Waals surface area contributed by atoms with Crippen LogP contribution in [0.3, 0.4) is 0 Å². The maximum absolute atomic E-state index is 2.61. The van der Waals surface area contributed by atoms with Crippen molar-refractivity contribution in [1.82, 2.24) is 0 Å². The molecule has 0 saturated heterocycles. The number of benzene rings is 22. The first-order valence-electron chi connectivity index (χ1n) is 41.4. The average molecular weight is 1490 g/mol. The predicted molar refractivity (Wildman–Crippen MR) is 498 cm³/mol. The van der Waals surface area contributed by atoms with E-state index >= 15 is 0 Å². The van der Waals surface area contributed by atoms with Crippen molar-refractivity contribution in [3.63, 3.8) is 0 Å². The second-order valence-electron chi connectivity index (χ2n) is 32.4. The standard InChI is InChI=1S/2C59H36/c1-2-18-37(19-3-1)39-21-6-8-26-44(39)55-46-28-10-12-30-48(46)56(49-31-13-11-29-47(49)55)51-36-54-57(45-27-9-7-23-41(45)51)50-35-34-38-20-4-5-22-40(38)58(50)59(54)52-32-16-14-24-42(52)43-25-15-17-33-53(43)59;1-2-17-37(18-3-1)39-20-16-21-40(35-39)55-46-27-8-10-29-48(46)56(49-30-11-9-28-47(49)55)51-36-54-57(45-26-7-6-23-42(45)51)50-34-33-38-19-4-5-22-41(38)58(50)59(54)52-31-14-12-24-43(52)44-25-13-15-32-53(44)59/h2*1-36H. The summed E-state index contributed by atoms with van der Waals surface area (Å²) < 4.78 is 0. The van der Waals surface area contributed by atoms with Crippen LogP contribution in [0.1, 0.15) is 44.5 Å². The zero-order chi connectivity index (χ0) is 77.3. The molecule has 4 aliphatic rings. The van der Waals surface area contributed by atoms with Crippen molar-refractivity contribution < 1.29 is 0 Å². The Balaban J connectivity index is 0.000000131. The monoisotopic (exact) mass is 1490 g/mol. The van der Waals surface area contributed by atoms with E-state index in [1.54, 1.807) is 0 Å². The van der Waals surface area contributed by atoms with Gasteiger partial charge in [-0.2, -0.15) is 0 Å². The van der Waals surface area contributed by atoms with Crippen LogP contribution in [0.4, 0.5) is 0 Å². The van der Waals surface area contributed by atoms with Gasteiger partial charge < -0.3 is 0 Å². The van der Waals surface area contributed by atoms with E-state index < -0.39 is 10.8 Å². The molecule has 4 aliphatic carbocycles. The van der Waals surface area contributed by atoms with Gasteiger partial charge >= 0.3 is 0 Å². The largest absolute Gasteiger partial charge is 0.0731 e. The molecule has 0 heterocycles. The molecule has 0 fully saturated rings. The highest BCUT2D eigenvalue weighted by atomic mass is 14.6. The molecule has 0 heteroatoms. The minimum absolute atomic E-state index is 0.499. The predicted octanol–water partition coefficient (Wildman–Crippen LogP) is 31.3. The third-order valence-electron chi connectivity index (χ3n) is 26.9. The Labute approximate surface area is 684 Å². The van der Waals surface area contributed by atoms with Crippen molar-refractivity contribution >= 4 is 86.2 Å². The van der Waals surface area contributed by atoms with Gasteiger partial charge in [-0.15, -0.1) is 0 Å². The van der Waals surface area contributed by atoms with E-state index in [1.807, 2.05) is 0 Å². The minimum atomic E-state index is -0.502. The van der Waals surface area contributed by atoms with Gasteiger partial charge in [0.2, 0.25) is 0 Å². The topological polar surface area (TPSA) is 0 Å². The summed E-state index contributed by atoms with van der Waals surface area (Å²) in [7, 11) is 0. The number of hydrogen-bond donors (Lipinski definition) is 0. The van der Waals surface area contributed by atoms with Crippen LogP contribution in [0, 0.1) is 0 Å². The molecule has 22 aromatic carbocycles. The van der Waals surface area contributed by atoms with Crippen LogP contribution in [-0.2, 0) is 10.8 Å². The van der Waals surface area contributed by atoms with Crippen molar-refractivity contribution in [1.29, 1.82) is 0 Å². The summed E-state index contributed by atoms with van der Waals surface area (Å²) in [5, 5.41) is 20.4. The highest BCUT2D eigenvalue weighted by molar-refractivity contribution is 6.28. The molecule has 0 aliphatic heterocycles.